The molecule has 0 bridgehead atoms. The van der Waals surface area contributed by atoms with E-state index in [-0.39, 0.29) is 12.6 Å². The summed E-state index contributed by atoms with van der Waals surface area (Å²) in [5.74, 6) is -0.339. The number of pyridine rings is 1. The summed E-state index contributed by atoms with van der Waals surface area (Å²) in [7, 11) is 0. The van der Waals surface area contributed by atoms with Crippen LogP contribution in [0.5, 0.6) is 0 Å². The Morgan fingerprint density at radius 1 is 1.09 bits per heavy atom. The molecule has 0 saturated carbocycles. The lowest BCUT2D eigenvalue weighted by atomic mass is 10.0. The number of hydrogen-bond donors (Lipinski definition) is 0. The molecule has 0 fully saturated rings. The lowest BCUT2D eigenvalue weighted by molar-refractivity contribution is 0.0470. The summed E-state index contributed by atoms with van der Waals surface area (Å²) in [5, 5.41) is 0.978. The average Bonchev–Trinajstić information content (AvgIpc) is 2.54. The molecule has 0 saturated heterocycles. The van der Waals surface area contributed by atoms with Crippen LogP contribution in [0.4, 0.5) is 0 Å². The van der Waals surface area contributed by atoms with E-state index in [2.05, 4.69) is 20.9 Å². The van der Waals surface area contributed by atoms with Crippen molar-refractivity contribution >= 4 is 32.8 Å². The lowest BCUT2D eigenvalue weighted by Crippen LogP contribution is -2.11. The summed E-state index contributed by atoms with van der Waals surface area (Å²) in [6.07, 6.45) is 0. The zero-order valence-electron chi connectivity index (χ0n) is 13.0. The van der Waals surface area contributed by atoms with Crippen LogP contribution in [-0.2, 0) is 11.3 Å². The Labute approximate surface area is 143 Å². The third-order valence-electron chi connectivity index (χ3n) is 3.85. The summed E-state index contributed by atoms with van der Waals surface area (Å²) >= 11 is 3.46. The minimum Gasteiger partial charge on any atom is -0.457 e. The first kappa shape index (κ1) is 15.7. The Morgan fingerprint density at radius 2 is 1.78 bits per heavy atom. The van der Waals surface area contributed by atoms with Gasteiger partial charge in [-0.25, -0.2) is 4.79 Å². The van der Waals surface area contributed by atoms with Crippen molar-refractivity contribution in [1.82, 2.24) is 4.98 Å². The van der Waals surface area contributed by atoms with Gasteiger partial charge in [-0.15, -0.1) is 0 Å². The van der Waals surface area contributed by atoms with E-state index in [1.54, 1.807) is 0 Å². The smallest absolute Gasteiger partial charge is 0.340 e. The first-order valence-corrected chi connectivity index (χ1v) is 8.13. The highest BCUT2D eigenvalue weighted by Gasteiger charge is 2.18. The maximum Gasteiger partial charge on any atom is 0.340 e. The van der Waals surface area contributed by atoms with E-state index in [9.17, 15) is 4.79 Å². The van der Waals surface area contributed by atoms with Crippen LogP contribution in [0, 0.1) is 13.8 Å². The highest BCUT2D eigenvalue weighted by atomic mass is 79.9. The second-order valence-corrected chi connectivity index (χ2v) is 6.24. The van der Waals surface area contributed by atoms with Gasteiger partial charge in [-0.1, -0.05) is 52.3 Å². The van der Waals surface area contributed by atoms with Gasteiger partial charge in [0.25, 0.3) is 0 Å². The standard InChI is InChI=1S/C19H16BrNO2/c1-12-15-8-4-6-10-17(15)21-13(2)18(12)19(22)23-11-14-7-3-5-9-16(14)20/h3-10H,11H2,1-2H3. The summed E-state index contributed by atoms with van der Waals surface area (Å²) in [5.41, 5.74) is 3.98. The van der Waals surface area contributed by atoms with Gasteiger partial charge in [0.2, 0.25) is 0 Å². The van der Waals surface area contributed by atoms with Crippen LogP contribution < -0.4 is 0 Å². The summed E-state index contributed by atoms with van der Waals surface area (Å²) in [4.78, 5) is 17.1. The average molecular weight is 370 g/mol. The molecule has 0 spiro atoms. The third kappa shape index (κ3) is 3.13. The molecular formula is C19H16BrNO2. The number of fused-ring (bicyclic) bond motifs is 1. The van der Waals surface area contributed by atoms with E-state index in [1.165, 1.54) is 0 Å². The summed E-state index contributed by atoms with van der Waals surface area (Å²) in [6, 6.07) is 15.5. The number of esters is 1. The van der Waals surface area contributed by atoms with Crippen LogP contribution in [0.15, 0.2) is 53.0 Å². The van der Waals surface area contributed by atoms with E-state index in [4.69, 9.17) is 4.74 Å². The molecule has 2 aromatic carbocycles. The number of nitrogens with zero attached hydrogens (tertiary/aromatic N) is 1. The molecule has 23 heavy (non-hydrogen) atoms. The van der Waals surface area contributed by atoms with Gasteiger partial charge in [0, 0.05) is 15.4 Å². The fraction of sp³-hybridized carbons (Fsp3) is 0.158. The van der Waals surface area contributed by atoms with Gasteiger partial charge in [0.15, 0.2) is 0 Å². The van der Waals surface area contributed by atoms with Gasteiger partial charge in [0.1, 0.15) is 6.61 Å². The third-order valence-corrected chi connectivity index (χ3v) is 4.63. The number of carbonyl (C=O) groups is 1. The van der Waals surface area contributed by atoms with E-state index in [0.29, 0.717) is 11.3 Å². The molecule has 116 valence electrons. The van der Waals surface area contributed by atoms with Crippen molar-refractivity contribution in [2.45, 2.75) is 20.5 Å². The van der Waals surface area contributed by atoms with Crippen LogP contribution in [0.1, 0.15) is 27.2 Å². The van der Waals surface area contributed by atoms with Crippen LogP contribution >= 0.6 is 15.9 Å². The molecule has 0 aliphatic carbocycles. The van der Waals surface area contributed by atoms with Crippen LogP contribution in [0.3, 0.4) is 0 Å². The Morgan fingerprint density at radius 3 is 2.57 bits per heavy atom. The van der Waals surface area contributed by atoms with E-state index >= 15 is 0 Å². The summed E-state index contributed by atoms with van der Waals surface area (Å²) in [6.45, 7) is 4.01. The van der Waals surface area contributed by atoms with Crippen molar-refractivity contribution in [3.8, 4) is 0 Å². The van der Waals surface area contributed by atoms with Crippen molar-refractivity contribution in [1.29, 1.82) is 0 Å². The molecule has 0 amide bonds. The van der Waals surface area contributed by atoms with Gasteiger partial charge in [-0.2, -0.15) is 0 Å². The van der Waals surface area contributed by atoms with Crippen molar-refractivity contribution in [2.75, 3.05) is 0 Å². The quantitative estimate of drug-likeness (QED) is 0.611. The Balaban J connectivity index is 1.91. The largest absolute Gasteiger partial charge is 0.457 e. The summed E-state index contributed by atoms with van der Waals surface area (Å²) < 4.78 is 6.43. The molecule has 1 aromatic heterocycles. The first-order chi connectivity index (χ1) is 11.1. The van der Waals surface area contributed by atoms with Crippen LogP contribution in [0.25, 0.3) is 10.9 Å². The van der Waals surface area contributed by atoms with Gasteiger partial charge in [-0.05, 0) is 31.5 Å². The SMILES string of the molecule is Cc1nc2ccccc2c(C)c1C(=O)OCc1ccccc1Br. The number of para-hydroxylation sites is 1. The first-order valence-electron chi connectivity index (χ1n) is 7.34. The Bertz CT molecular complexity index is 890. The molecule has 0 atom stereocenters. The molecule has 0 unspecified atom stereocenters. The number of halogens is 1. The molecule has 3 aromatic rings. The maximum atomic E-state index is 12.5. The number of aryl methyl sites for hydroxylation is 2. The molecule has 3 nitrogen and oxygen atoms in total. The highest BCUT2D eigenvalue weighted by Crippen LogP contribution is 2.24. The number of carbonyl (C=O) groups excluding carboxylic acids is 1. The second-order valence-electron chi connectivity index (χ2n) is 5.38. The van der Waals surface area contributed by atoms with E-state index in [1.807, 2.05) is 62.4 Å². The molecule has 4 heteroatoms. The topological polar surface area (TPSA) is 39.2 Å². The van der Waals surface area contributed by atoms with E-state index < -0.39 is 0 Å². The van der Waals surface area contributed by atoms with Gasteiger partial charge in [0.05, 0.1) is 16.8 Å². The van der Waals surface area contributed by atoms with Gasteiger partial charge < -0.3 is 4.74 Å². The second kappa shape index (κ2) is 6.50. The van der Waals surface area contributed by atoms with Gasteiger partial charge in [-0.3, -0.25) is 4.98 Å². The Hall–Kier alpha value is -2.20. The fourth-order valence-corrected chi connectivity index (χ4v) is 3.06. The maximum absolute atomic E-state index is 12.5. The predicted molar refractivity (Wildman–Crippen MR) is 94.5 cm³/mol. The molecule has 0 N–H and O–H groups in total. The van der Waals surface area contributed by atoms with Gasteiger partial charge >= 0.3 is 5.97 Å². The fourth-order valence-electron chi connectivity index (χ4n) is 2.66. The van der Waals surface area contributed by atoms with Crippen LogP contribution in [0.2, 0.25) is 0 Å². The monoisotopic (exact) mass is 369 g/mol. The number of benzene rings is 2. The van der Waals surface area contributed by atoms with E-state index in [0.717, 1.165) is 26.5 Å². The number of aromatic nitrogens is 1. The highest BCUT2D eigenvalue weighted by molar-refractivity contribution is 9.10. The minimum absolute atomic E-state index is 0.228. The molecule has 0 aliphatic rings. The minimum atomic E-state index is -0.339. The van der Waals surface area contributed by atoms with Crippen molar-refractivity contribution in [2.24, 2.45) is 0 Å². The zero-order chi connectivity index (χ0) is 16.4. The lowest BCUT2D eigenvalue weighted by Gasteiger charge is -2.12. The van der Waals surface area contributed by atoms with Crippen molar-refractivity contribution in [3.05, 3.63) is 75.4 Å². The zero-order valence-corrected chi connectivity index (χ0v) is 14.6. The molecule has 1 heterocycles. The van der Waals surface area contributed by atoms with Crippen molar-refractivity contribution in [3.63, 3.8) is 0 Å². The molecule has 0 radical (unpaired) electrons. The molecule has 3 rings (SSSR count). The van der Waals surface area contributed by atoms with Crippen molar-refractivity contribution < 1.29 is 9.53 Å². The molecular weight excluding hydrogens is 354 g/mol. The number of hydrogen-bond acceptors (Lipinski definition) is 3. The Kier molecular flexibility index (Phi) is 4.44. The van der Waals surface area contributed by atoms with Crippen LogP contribution in [-0.4, -0.2) is 11.0 Å². The normalized spacial score (nSPS) is 10.7. The number of ether oxygens (including phenoxy) is 1. The predicted octanol–water partition coefficient (Wildman–Crippen LogP) is 4.97. The molecule has 0 aliphatic heterocycles. The number of rotatable bonds is 3.